The van der Waals surface area contributed by atoms with E-state index in [4.69, 9.17) is 0 Å². The van der Waals surface area contributed by atoms with E-state index < -0.39 is 0 Å². The van der Waals surface area contributed by atoms with Crippen LogP contribution in [0.3, 0.4) is 0 Å². The van der Waals surface area contributed by atoms with Gasteiger partial charge in [0, 0.05) is 39.3 Å². The molecule has 0 saturated heterocycles. The summed E-state index contributed by atoms with van der Waals surface area (Å²) in [5, 5.41) is 16.8. The zero-order valence-electron chi connectivity index (χ0n) is 27.5. The number of benzene rings is 7. The Labute approximate surface area is 288 Å². The first kappa shape index (κ1) is 30.0. The summed E-state index contributed by atoms with van der Waals surface area (Å²) in [6.45, 7) is 4.65. The zero-order chi connectivity index (χ0) is 33.4. The van der Waals surface area contributed by atoms with E-state index in [9.17, 15) is 5.26 Å². The fourth-order valence-corrected chi connectivity index (χ4v) is 7.34. The third-order valence-electron chi connectivity index (χ3n) is 9.65. The van der Waals surface area contributed by atoms with E-state index in [1.165, 1.54) is 22.3 Å². The summed E-state index contributed by atoms with van der Waals surface area (Å²) in [6, 6.07) is 59.6. The van der Waals surface area contributed by atoms with Crippen LogP contribution in [0.2, 0.25) is 0 Å². The molecule has 0 aliphatic heterocycles. The van der Waals surface area contributed by atoms with Gasteiger partial charge in [-0.3, -0.25) is 0 Å². The molecule has 3 heteroatoms. The Kier molecular flexibility index (Phi) is 7.55. The molecular formula is C46H35N3. The smallest absolute Gasteiger partial charge is 0.0992 e. The van der Waals surface area contributed by atoms with Gasteiger partial charge in [-0.1, -0.05) is 129 Å². The summed E-state index contributed by atoms with van der Waals surface area (Å²) in [6.07, 6.45) is 0. The fourth-order valence-electron chi connectivity index (χ4n) is 7.34. The molecule has 0 fully saturated rings. The fraction of sp³-hybridized carbons (Fsp3) is 0.0652. The van der Waals surface area contributed by atoms with Crippen molar-refractivity contribution in [2.24, 2.45) is 0 Å². The van der Waals surface area contributed by atoms with E-state index in [-0.39, 0.29) is 5.41 Å². The predicted molar refractivity (Wildman–Crippen MR) is 204 cm³/mol. The van der Waals surface area contributed by atoms with Gasteiger partial charge in [0.1, 0.15) is 0 Å². The van der Waals surface area contributed by atoms with Gasteiger partial charge in [-0.25, -0.2) is 0 Å². The Morgan fingerprint density at radius 2 is 0.959 bits per heavy atom. The Bertz CT molecular complexity index is 2390. The van der Waals surface area contributed by atoms with Crippen molar-refractivity contribution in [3.8, 4) is 50.6 Å². The van der Waals surface area contributed by atoms with Crippen molar-refractivity contribution in [1.82, 2.24) is 0 Å². The van der Waals surface area contributed by atoms with Crippen molar-refractivity contribution in [1.29, 1.82) is 5.26 Å². The summed E-state index contributed by atoms with van der Waals surface area (Å²) in [7, 11) is 0. The molecule has 3 nitrogen and oxygen atoms in total. The van der Waals surface area contributed by atoms with Crippen LogP contribution < -0.4 is 10.6 Å². The SMILES string of the molecule is CC1(C)c2ccccc2-c2cccc(Nc3ccccc3-c3cccc(-c4cccc(-c5ccccc5Nc5cccc(C#N)c5)c4)c3)c21. The molecule has 7 aromatic carbocycles. The zero-order valence-corrected chi connectivity index (χ0v) is 27.5. The monoisotopic (exact) mass is 629 g/mol. The lowest BCUT2D eigenvalue weighted by molar-refractivity contribution is 0.662. The van der Waals surface area contributed by atoms with Crippen LogP contribution >= 0.6 is 0 Å². The second kappa shape index (κ2) is 12.3. The van der Waals surface area contributed by atoms with Gasteiger partial charge in [-0.05, 0) is 93.0 Å². The average Bonchev–Trinajstić information content (AvgIpc) is 3.39. The highest BCUT2D eigenvalue weighted by atomic mass is 14.9. The molecule has 49 heavy (non-hydrogen) atoms. The molecule has 0 aromatic heterocycles. The summed E-state index contributed by atoms with van der Waals surface area (Å²) in [5.74, 6) is 0. The second-order valence-corrected chi connectivity index (χ2v) is 13.1. The Balaban J connectivity index is 1.12. The number of anilines is 4. The first-order valence-electron chi connectivity index (χ1n) is 16.7. The summed E-state index contributed by atoms with van der Waals surface area (Å²) >= 11 is 0. The van der Waals surface area contributed by atoms with Gasteiger partial charge < -0.3 is 10.6 Å². The number of fused-ring (bicyclic) bond motifs is 3. The van der Waals surface area contributed by atoms with Gasteiger partial charge in [0.2, 0.25) is 0 Å². The van der Waals surface area contributed by atoms with Crippen LogP contribution in [-0.4, -0.2) is 0 Å². The number of para-hydroxylation sites is 2. The highest BCUT2D eigenvalue weighted by molar-refractivity contribution is 5.90. The number of nitriles is 1. The van der Waals surface area contributed by atoms with Gasteiger partial charge in [0.05, 0.1) is 11.6 Å². The second-order valence-electron chi connectivity index (χ2n) is 13.1. The van der Waals surface area contributed by atoms with Crippen molar-refractivity contribution < 1.29 is 0 Å². The van der Waals surface area contributed by atoms with Crippen LogP contribution in [0, 0.1) is 11.3 Å². The number of rotatable bonds is 7. The van der Waals surface area contributed by atoms with E-state index >= 15 is 0 Å². The van der Waals surface area contributed by atoms with Gasteiger partial charge >= 0.3 is 0 Å². The van der Waals surface area contributed by atoms with Crippen molar-refractivity contribution in [3.63, 3.8) is 0 Å². The molecule has 0 unspecified atom stereocenters. The molecule has 0 atom stereocenters. The molecule has 7 aromatic rings. The number of nitrogens with one attached hydrogen (secondary N) is 2. The third kappa shape index (κ3) is 5.54. The van der Waals surface area contributed by atoms with Gasteiger partial charge in [0.15, 0.2) is 0 Å². The van der Waals surface area contributed by atoms with Gasteiger partial charge in [-0.15, -0.1) is 0 Å². The molecule has 1 aliphatic rings. The van der Waals surface area contributed by atoms with Crippen LogP contribution in [0.25, 0.3) is 44.5 Å². The molecule has 2 N–H and O–H groups in total. The highest BCUT2D eigenvalue weighted by Crippen LogP contribution is 2.52. The van der Waals surface area contributed by atoms with Crippen molar-refractivity contribution in [2.45, 2.75) is 19.3 Å². The number of hydrogen-bond acceptors (Lipinski definition) is 3. The Morgan fingerprint density at radius 3 is 1.63 bits per heavy atom. The van der Waals surface area contributed by atoms with E-state index in [0.29, 0.717) is 5.56 Å². The van der Waals surface area contributed by atoms with Gasteiger partial charge in [0.25, 0.3) is 0 Å². The minimum atomic E-state index is -0.107. The van der Waals surface area contributed by atoms with E-state index in [2.05, 4.69) is 164 Å². The van der Waals surface area contributed by atoms with Crippen molar-refractivity contribution in [3.05, 3.63) is 180 Å². The standard InChI is InChI=1S/C46H35N3/c1-46(2)41-23-6-3-21-39(41)40-22-12-26-44(45(40)46)49-43-25-8-5-20-38(43)35-17-11-15-33(29-35)32-14-10-16-34(28-32)37-19-4-7-24-42(37)48-36-18-9-13-31(27-36)30-47/h3-29,48-49H,1-2H3. The molecule has 0 saturated carbocycles. The van der Waals surface area contributed by atoms with Crippen molar-refractivity contribution >= 4 is 22.7 Å². The topological polar surface area (TPSA) is 47.8 Å². The third-order valence-corrected chi connectivity index (χ3v) is 9.65. The average molecular weight is 630 g/mol. The molecule has 1 aliphatic carbocycles. The molecule has 0 amide bonds. The molecule has 0 heterocycles. The maximum absolute atomic E-state index is 9.38. The summed E-state index contributed by atoms with van der Waals surface area (Å²) < 4.78 is 0. The van der Waals surface area contributed by atoms with Crippen LogP contribution in [0.5, 0.6) is 0 Å². The Hall–Kier alpha value is -6.37. The van der Waals surface area contributed by atoms with Crippen molar-refractivity contribution in [2.75, 3.05) is 10.6 Å². The van der Waals surface area contributed by atoms with Crippen LogP contribution in [0.4, 0.5) is 22.7 Å². The normalized spacial score (nSPS) is 12.4. The lowest BCUT2D eigenvalue weighted by Crippen LogP contribution is -2.16. The van der Waals surface area contributed by atoms with Crippen LogP contribution in [0.1, 0.15) is 30.5 Å². The molecular weight excluding hydrogens is 595 g/mol. The van der Waals surface area contributed by atoms with E-state index in [0.717, 1.165) is 56.1 Å². The number of nitrogens with zero attached hydrogens (tertiary/aromatic N) is 1. The molecule has 234 valence electrons. The lowest BCUT2D eigenvalue weighted by atomic mass is 9.81. The molecule has 0 bridgehead atoms. The quantitative estimate of drug-likeness (QED) is 0.184. The molecule has 0 radical (unpaired) electrons. The number of hydrogen-bond donors (Lipinski definition) is 2. The summed E-state index contributed by atoms with van der Waals surface area (Å²) in [5.41, 5.74) is 16.8. The van der Waals surface area contributed by atoms with Gasteiger partial charge in [-0.2, -0.15) is 5.26 Å². The van der Waals surface area contributed by atoms with E-state index in [1.807, 2.05) is 30.3 Å². The van der Waals surface area contributed by atoms with Crippen LogP contribution in [0.15, 0.2) is 164 Å². The maximum atomic E-state index is 9.38. The lowest BCUT2D eigenvalue weighted by Gasteiger charge is -2.25. The Morgan fingerprint density at radius 1 is 0.449 bits per heavy atom. The van der Waals surface area contributed by atoms with Crippen LogP contribution in [-0.2, 0) is 5.41 Å². The first-order chi connectivity index (χ1) is 24.0. The molecule has 0 spiro atoms. The maximum Gasteiger partial charge on any atom is 0.0992 e. The highest BCUT2D eigenvalue weighted by Gasteiger charge is 2.37. The molecule has 8 rings (SSSR count). The predicted octanol–water partition coefficient (Wildman–Crippen LogP) is 12.4. The largest absolute Gasteiger partial charge is 0.355 e. The minimum absolute atomic E-state index is 0.107. The van der Waals surface area contributed by atoms with E-state index in [1.54, 1.807) is 0 Å². The summed E-state index contributed by atoms with van der Waals surface area (Å²) in [4.78, 5) is 0. The first-order valence-corrected chi connectivity index (χ1v) is 16.7. The minimum Gasteiger partial charge on any atom is -0.355 e.